The Morgan fingerprint density at radius 1 is 1.20 bits per heavy atom. The number of carbonyl (C=O) groups excluding carboxylic acids is 1. The van der Waals surface area contributed by atoms with Crippen molar-refractivity contribution in [3.05, 3.63) is 48.3 Å². The molecule has 0 fully saturated rings. The van der Waals surface area contributed by atoms with Gasteiger partial charge in [-0.1, -0.05) is 6.92 Å². The molecule has 20 heavy (non-hydrogen) atoms. The van der Waals surface area contributed by atoms with Crippen LogP contribution < -0.4 is 10.6 Å². The second kappa shape index (κ2) is 6.60. The van der Waals surface area contributed by atoms with Crippen LogP contribution >= 0.6 is 0 Å². The highest BCUT2D eigenvalue weighted by Crippen LogP contribution is 2.17. The normalized spacial score (nSPS) is 10.1. The lowest BCUT2D eigenvalue weighted by Crippen LogP contribution is -2.16. The maximum atomic E-state index is 13.5. The van der Waals surface area contributed by atoms with Gasteiger partial charge in [-0.05, 0) is 18.6 Å². The number of nitrogens with one attached hydrogen (secondary N) is 2. The van der Waals surface area contributed by atoms with Crippen molar-refractivity contribution in [2.45, 2.75) is 13.3 Å². The quantitative estimate of drug-likeness (QED) is 0.879. The van der Waals surface area contributed by atoms with E-state index in [1.54, 1.807) is 12.3 Å². The standard InChI is InChI=1S/C14H15FN4O/c1-2-5-18-12-3-6-16-8-10(12)14(20)19-13-4-7-17-9-11(13)15/h3-4,6-9H,2,5H2,1H3,(H,16,18)(H,17,19,20). The van der Waals surface area contributed by atoms with Crippen LogP contribution in [0.3, 0.4) is 0 Å². The second-order valence-corrected chi connectivity index (χ2v) is 4.16. The first-order valence-corrected chi connectivity index (χ1v) is 6.31. The maximum Gasteiger partial charge on any atom is 0.259 e. The lowest BCUT2D eigenvalue weighted by molar-refractivity contribution is 0.102. The van der Waals surface area contributed by atoms with Crippen molar-refractivity contribution in [3.63, 3.8) is 0 Å². The van der Waals surface area contributed by atoms with E-state index in [9.17, 15) is 9.18 Å². The van der Waals surface area contributed by atoms with Crippen LogP contribution in [0.25, 0.3) is 0 Å². The van der Waals surface area contributed by atoms with Crippen molar-refractivity contribution in [1.29, 1.82) is 0 Å². The Kier molecular flexibility index (Phi) is 4.60. The van der Waals surface area contributed by atoms with E-state index < -0.39 is 11.7 Å². The van der Waals surface area contributed by atoms with Gasteiger partial charge in [-0.15, -0.1) is 0 Å². The van der Waals surface area contributed by atoms with Crippen LogP contribution in [0.15, 0.2) is 36.9 Å². The van der Waals surface area contributed by atoms with Crippen LogP contribution in [-0.2, 0) is 0 Å². The Labute approximate surface area is 116 Å². The molecule has 2 rings (SSSR count). The molecule has 0 unspecified atom stereocenters. The van der Waals surface area contributed by atoms with E-state index in [1.165, 1.54) is 18.5 Å². The van der Waals surface area contributed by atoms with Crippen molar-refractivity contribution in [3.8, 4) is 0 Å². The SMILES string of the molecule is CCCNc1ccncc1C(=O)Nc1ccncc1F. The predicted molar refractivity (Wildman–Crippen MR) is 75.2 cm³/mol. The lowest BCUT2D eigenvalue weighted by atomic mass is 10.2. The first-order valence-electron chi connectivity index (χ1n) is 6.31. The smallest absolute Gasteiger partial charge is 0.259 e. The molecule has 5 nitrogen and oxygen atoms in total. The van der Waals surface area contributed by atoms with Gasteiger partial charge < -0.3 is 10.6 Å². The van der Waals surface area contributed by atoms with Crippen LogP contribution in [0.1, 0.15) is 23.7 Å². The number of anilines is 2. The zero-order valence-corrected chi connectivity index (χ0v) is 11.1. The number of hydrogen-bond donors (Lipinski definition) is 2. The average Bonchev–Trinajstić information content (AvgIpc) is 2.47. The summed E-state index contributed by atoms with van der Waals surface area (Å²) in [7, 11) is 0. The largest absolute Gasteiger partial charge is 0.384 e. The number of aromatic nitrogens is 2. The highest BCUT2D eigenvalue weighted by molar-refractivity contribution is 6.07. The Morgan fingerprint density at radius 3 is 2.60 bits per heavy atom. The van der Waals surface area contributed by atoms with Crippen molar-refractivity contribution in [2.75, 3.05) is 17.2 Å². The van der Waals surface area contributed by atoms with Gasteiger partial charge in [0.2, 0.25) is 0 Å². The number of pyridine rings is 2. The number of rotatable bonds is 5. The number of halogens is 1. The van der Waals surface area contributed by atoms with Gasteiger partial charge in [-0.3, -0.25) is 14.8 Å². The fourth-order valence-corrected chi connectivity index (χ4v) is 1.66. The van der Waals surface area contributed by atoms with E-state index in [1.807, 2.05) is 6.92 Å². The zero-order valence-electron chi connectivity index (χ0n) is 11.1. The molecular formula is C14H15FN4O. The minimum absolute atomic E-state index is 0.0929. The van der Waals surface area contributed by atoms with Crippen molar-refractivity contribution < 1.29 is 9.18 Å². The van der Waals surface area contributed by atoms with Crippen molar-refractivity contribution in [1.82, 2.24) is 9.97 Å². The molecule has 2 aromatic rings. The van der Waals surface area contributed by atoms with Gasteiger partial charge in [0, 0.05) is 25.1 Å². The molecule has 0 spiro atoms. The highest BCUT2D eigenvalue weighted by Gasteiger charge is 2.13. The Bertz CT molecular complexity index is 603. The summed E-state index contributed by atoms with van der Waals surface area (Å²) >= 11 is 0. The van der Waals surface area contributed by atoms with Crippen LogP contribution in [-0.4, -0.2) is 22.4 Å². The first-order chi connectivity index (χ1) is 9.72. The summed E-state index contributed by atoms with van der Waals surface area (Å²) in [6.07, 6.45) is 6.45. The number of amides is 1. The number of hydrogen-bond acceptors (Lipinski definition) is 4. The monoisotopic (exact) mass is 274 g/mol. The molecule has 0 bridgehead atoms. The lowest BCUT2D eigenvalue weighted by Gasteiger charge is -2.11. The number of carbonyl (C=O) groups is 1. The predicted octanol–water partition coefficient (Wildman–Crippen LogP) is 2.69. The highest BCUT2D eigenvalue weighted by atomic mass is 19.1. The van der Waals surface area contributed by atoms with E-state index in [-0.39, 0.29) is 5.69 Å². The summed E-state index contributed by atoms with van der Waals surface area (Å²) < 4.78 is 13.5. The third kappa shape index (κ3) is 3.28. The molecule has 2 aromatic heterocycles. The fourth-order valence-electron chi connectivity index (χ4n) is 1.66. The van der Waals surface area contributed by atoms with Crippen LogP contribution in [0.4, 0.5) is 15.8 Å². The molecule has 0 aliphatic heterocycles. The molecule has 2 heterocycles. The van der Waals surface area contributed by atoms with Gasteiger partial charge >= 0.3 is 0 Å². The molecule has 0 aliphatic rings. The van der Waals surface area contributed by atoms with Gasteiger partial charge in [0.15, 0.2) is 5.82 Å². The van der Waals surface area contributed by atoms with E-state index >= 15 is 0 Å². The van der Waals surface area contributed by atoms with Gasteiger partial charge in [0.25, 0.3) is 5.91 Å². The Hall–Kier alpha value is -2.50. The molecule has 0 atom stereocenters. The summed E-state index contributed by atoms with van der Waals surface area (Å²) in [4.78, 5) is 19.7. The van der Waals surface area contributed by atoms with Crippen LogP contribution in [0.2, 0.25) is 0 Å². The van der Waals surface area contributed by atoms with Gasteiger partial charge in [-0.2, -0.15) is 0 Å². The molecule has 0 aliphatic carbocycles. The molecule has 0 radical (unpaired) electrons. The molecular weight excluding hydrogens is 259 g/mol. The summed E-state index contributed by atoms with van der Waals surface area (Å²) in [6.45, 7) is 2.77. The molecule has 0 saturated heterocycles. The third-order valence-corrected chi connectivity index (χ3v) is 2.65. The van der Waals surface area contributed by atoms with Crippen molar-refractivity contribution >= 4 is 17.3 Å². The van der Waals surface area contributed by atoms with E-state index in [0.717, 1.165) is 19.2 Å². The van der Waals surface area contributed by atoms with E-state index in [4.69, 9.17) is 0 Å². The van der Waals surface area contributed by atoms with E-state index in [2.05, 4.69) is 20.6 Å². The van der Waals surface area contributed by atoms with Crippen molar-refractivity contribution in [2.24, 2.45) is 0 Å². The van der Waals surface area contributed by atoms with Gasteiger partial charge in [0.05, 0.1) is 23.1 Å². The molecule has 0 aromatic carbocycles. The third-order valence-electron chi connectivity index (χ3n) is 2.65. The van der Waals surface area contributed by atoms with E-state index in [0.29, 0.717) is 11.3 Å². The Balaban J connectivity index is 2.19. The molecule has 0 saturated carbocycles. The maximum absolute atomic E-state index is 13.5. The van der Waals surface area contributed by atoms with Gasteiger partial charge in [0.1, 0.15) is 0 Å². The first kappa shape index (κ1) is 13.9. The number of nitrogens with zero attached hydrogens (tertiary/aromatic N) is 2. The topological polar surface area (TPSA) is 66.9 Å². The molecule has 1 amide bonds. The molecule has 2 N–H and O–H groups in total. The molecule has 104 valence electrons. The fraction of sp³-hybridized carbons (Fsp3) is 0.214. The van der Waals surface area contributed by atoms with Gasteiger partial charge in [-0.25, -0.2) is 4.39 Å². The second-order valence-electron chi connectivity index (χ2n) is 4.16. The molecule has 6 heteroatoms. The minimum atomic E-state index is -0.576. The van der Waals surface area contributed by atoms with Crippen LogP contribution in [0.5, 0.6) is 0 Å². The summed E-state index contributed by atoms with van der Waals surface area (Å²) in [6, 6.07) is 3.12. The van der Waals surface area contributed by atoms with Crippen LogP contribution in [0, 0.1) is 5.82 Å². The summed E-state index contributed by atoms with van der Waals surface area (Å²) in [5.74, 6) is -0.991. The minimum Gasteiger partial charge on any atom is -0.384 e. The zero-order chi connectivity index (χ0) is 14.4. The summed E-state index contributed by atoms with van der Waals surface area (Å²) in [5.41, 5.74) is 1.14. The Morgan fingerprint density at radius 2 is 1.90 bits per heavy atom. The average molecular weight is 274 g/mol. The summed E-state index contributed by atoms with van der Waals surface area (Å²) in [5, 5.41) is 5.65.